The maximum Gasteiger partial charge on any atom is 0.311 e. The van der Waals surface area contributed by atoms with Gasteiger partial charge in [-0.3, -0.25) is 4.79 Å². The van der Waals surface area contributed by atoms with Crippen molar-refractivity contribution in [2.75, 3.05) is 33.3 Å². The van der Waals surface area contributed by atoms with E-state index in [1.54, 1.807) is 0 Å². The summed E-state index contributed by atoms with van der Waals surface area (Å²) in [7, 11) is 1.46. The van der Waals surface area contributed by atoms with Crippen molar-refractivity contribution in [1.29, 1.82) is 0 Å². The van der Waals surface area contributed by atoms with Gasteiger partial charge < -0.3 is 15.0 Å². The van der Waals surface area contributed by atoms with Crippen LogP contribution in [0.25, 0.3) is 0 Å². The Labute approximate surface area is 98.3 Å². The number of methoxy groups -OCH3 is 1. The zero-order chi connectivity index (χ0) is 12.2. The summed E-state index contributed by atoms with van der Waals surface area (Å²) in [4.78, 5) is 13.9. The van der Waals surface area contributed by atoms with Crippen LogP contribution in [0.5, 0.6) is 0 Å². The number of piperazine rings is 1. The molecule has 0 saturated carbocycles. The van der Waals surface area contributed by atoms with Gasteiger partial charge in [-0.15, -0.1) is 0 Å². The summed E-state index contributed by atoms with van der Waals surface area (Å²) in [6.45, 7) is 10.2. The molecule has 1 atom stereocenters. The number of esters is 1. The molecule has 1 aliphatic heterocycles. The first-order valence-electron chi connectivity index (χ1n) is 6.00. The fourth-order valence-electron chi connectivity index (χ4n) is 2.03. The molecular weight excluding hydrogens is 204 g/mol. The van der Waals surface area contributed by atoms with E-state index in [0.717, 1.165) is 32.6 Å². The second-order valence-electron chi connectivity index (χ2n) is 5.28. The van der Waals surface area contributed by atoms with E-state index in [-0.39, 0.29) is 11.4 Å². The van der Waals surface area contributed by atoms with E-state index in [1.807, 2.05) is 13.8 Å². The van der Waals surface area contributed by atoms with Crippen LogP contribution >= 0.6 is 0 Å². The Hall–Kier alpha value is -0.610. The summed E-state index contributed by atoms with van der Waals surface area (Å²) in [6.07, 6.45) is 0.854. The predicted molar refractivity (Wildman–Crippen MR) is 64.3 cm³/mol. The monoisotopic (exact) mass is 228 g/mol. The molecule has 1 N–H and O–H groups in total. The van der Waals surface area contributed by atoms with Crippen molar-refractivity contribution in [3.8, 4) is 0 Å². The summed E-state index contributed by atoms with van der Waals surface area (Å²) in [5.74, 6) is -0.115. The topological polar surface area (TPSA) is 41.6 Å². The van der Waals surface area contributed by atoms with Crippen molar-refractivity contribution >= 4 is 5.97 Å². The molecule has 0 aromatic carbocycles. The molecule has 0 aliphatic carbocycles. The lowest BCUT2D eigenvalue weighted by Crippen LogP contribution is -2.50. The molecule has 1 aliphatic rings. The lowest BCUT2D eigenvalue weighted by molar-refractivity contribution is -0.151. The molecule has 4 nitrogen and oxygen atoms in total. The van der Waals surface area contributed by atoms with Crippen molar-refractivity contribution < 1.29 is 9.53 Å². The van der Waals surface area contributed by atoms with E-state index in [4.69, 9.17) is 4.74 Å². The van der Waals surface area contributed by atoms with E-state index in [1.165, 1.54) is 7.11 Å². The van der Waals surface area contributed by atoms with E-state index in [0.29, 0.717) is 6.04 Å². The van der Waals surface area contributed by atoms with Gasteiger partial charge in [0.05, 0.1) is 12.5 Å². The van der Waals surface area contributed by atoms with Crippen LogP contribution in [0.3, 0.4) is 0 Å². The summed E-state index contributed by atoms with van der Waals surface area (Å²) in [5.41, 5.74) is -0.372. The largest absolute Gasteiger partial charge is 0.469 e. The first-order valence-corrected chi connectivity index (χ1v) is 6.00. The quantitative estimate of drug-likeness (QED) is 0.725. The minimum absolute atomic E-state index is 0.115. The summed E-state index contributed by atoms with van der Waals surface area (Å²) in [6, 6.07) is 0.551. The van der Waals surface area contributed by atoms with Gasteiger partial charge in [-0.25, -0.2) is 0 Å². The van der Waals surface area contributed by atoms with Crippen LogP contribution in [0.1, 0.15) is 27.2 Å². The zero-order valence-corrected chi connectivity index (χ0v) is 10.9. The van der Waals surface area contributed by atoms with E-state index < -0.39 is 0 Å². The Balaban J connectivity index is 2.35. The van der Waals surface area contributed by atoms with Crippen molar-refractivity contribution in [3.63, 3.8) is 0 Å². The highest BCUT2D eigenvalue weighted by Crippen LogP contribution is 2.22. The number of nitrogens with one attached hydrogen (secondary N) is 1. The fraction of sp³-hybridized carbons (Fsp3) is 0.917. The minimum Gasteiger partial charge on any atom is -0.469 e. The highest BCUT2D eigenvalue weighted by molar-refractivity contribution is 5.75. The van der Waals surface area contributed by atoms with E-state index in [2.05, 4.69) is 17.1 Å². The molecular formula is C12H24N2O2. The average Bonchev–Trinajstić information content (AvgIpc) is 2.25. The number of ether oxygens (including phenoxy) is 1. The summed E-state index contributed by atoms with van der Waals surface area (Å²) in [5, 5.41) is 3.41. The van der Waals surface area contributed by atoms with Gasteiger partial charge in [0.25, 0.3) is 0 Å². The van der Waals surface area contributed by atoms with Crippen LogP contribution in [-0.4, -0.2) is 50.2 Å². The molecule has 1 heterocycles. The normalized spacial score (nSPS) is 23.1. The number of carbonyl (C=O) groups is 1. The fourth-order valence-corrected chi connectivity index (χ4v) is 2.03. The SMILES string of the molecule is COC(=O)C(C)(C)CCN1CCNC(C)C1. The molecule has 1 saturated heterocycles. The molecule has 0 aromatic heterocycles. The van der Waals surface area contributed by atoms with Gasteiger partial charge in [-0.2, -0.15) is 0 Å². The molecule has 16 heavy (non-hydrogen) atoms. The third-order valence-corrected chi connectivity index (χ3v) is 3.24. The molecule has 1 rings (SSSR count). The number of carbonyl (C=O) groups excluding carboxylic acids is 1. The first kappa shape index (κ1) is 13.5. The molecule has 0 radical (unpaired) electrons. The number of rotatable bonds is 4. The van der Waals surface area contributed by atoms with Gasteiger partial charge in [-0.1, -0.05) is 0 Å². The Bertz CT molecular complexity index is 241. The number of hydrogen-bond acceptors (Lipinski definition) is 4. The molecule has 1 unspecified atom stereocenters. The Morgan fingerprint density at radius 1 is 1.56 bits per heavy atom. The maximum absolute atomic E-state index is 11.5. The van der Waals surface area contributed by atoms with Gasteiger partial charge in [0, 0.05) is 25.7 Å². The van der Waals surface area contributed by atoms with Gasteiger partial charge >= 0.3 is 5.97 Å². The first-order chi connectivity index (χ1) is 7.45. The predicted octanol–water partition coefficient (Wildman–Crippen LogP) is 0.869. The van der Waals surface area contributed by atoms with Crippen LogP contribution in [0.2, 0.25) is 0 Å². The third-order valence-electron chi connectivity index (χ3n) is 3.24. The molecule has 94 valence electrons. The summed E-state index contributed by atoms with van der Waals surface area (Å²) < 4.78 is 4.81. The molecule has 0 bridgehead atoms. The molecule has 0 amide bonds. The van der Waals surface area contributed by atoms with Crippen LogP contribution in [0, 0.1) is 5.41 Å². The highest BCUT2D eigenvalue weighted by Gasteiger charge is 2.29. The standard InChI is InChI=1S/C12H24N2O2/c1-10-9-14(8-6-13-10)7-5-12(2,3)11(15)16-4/h10,13H,5-9H2,1-4H3. The Morgan fingerprint density at radius 3 is 2.81 bits per heavy atom. The lowest BCUT2D eigenvalue weighted by Gasteiger charge is -2.33. The molecule has 4 heteroatoms. The summed E-state index contributed by atoms with van der Waals surface area (Å²) >= 11 is 0. The van der Waals surface area contributed by atoms with Crippen LogP contribution in [0.15, 0.2) is 0 Å². The van der Waals surface area contributed by atoms with Crippen molar-refractivity contribution in [2.24, 2.45) is 5.41 Å². The molecule has 0 aromatic rings. The maximum atomic E-state index is 11.5. The van der Waals surface area contributed by atoms with Crippen molar-refractivity contribution in [1.82, 2.24) is 10.2 Å². The molecule has 1 fully saturated rings. The molecule has 0 spiro atoms. The number of nitrogens with zero attached hydrogens (tertiary/aromatic N) is 1. The highest BCUT2D eigenvalue weighted by atomic mass is 16.5. The van der Waals surface area contributed by atoms with Gasteiger partial charge in [0.2, 0.25) is 0 Å². The van der Waals surface area contributed by atoms with Crippen molar-refractivity contribution in [3.05, 3.63) is 0 Å². The second-order valence-corrected chi connectivity index (χ2v) is 5.28. The Kier molecular flexibility index (Phi) is 4.74. The Morgan fingerprint density at radius 2 is 2.25 bits per heavy atom. The minimum atomic E-state index is -0.372. The van der Waals surface area contributed by atoms with Gasteiger partial charge in [0.15, 0.2) is 0 Å². The number of hydrogen-bond donors (Lipinski definition) is 1. The second kappa shape index (κ2) is 5.64. The van der Waals surface area contributed by atoms with E-state index in [9.17, 15) is 4.79 Å². The lowest BCUT2D eigenvalue weighted by atomic mass is 9.89. The zero-order valence-electron chi connectivity index (χ0n) is 10.9. The third kappa shape index (κ3) is 3.76. The smallest absolute Gasteiger partial charge is 0.311 e. The van der Waals surface area contributed by atoms with Gasteiger partial charge in [0.1, 0.15) is 0 Å². The van der Waals surface area contributed by atoms with Crippen LogP contribution in [-0.2, 0) is 9.53 Å². The van der Waals surface area contributed by atoms with Crippen LogP contribution < -0.4 is 5.32 Å². The van der Waals surface area contributed by atoms with Crippen molar-refractivity contribution in [2.45, 2.75) is 33.2 Å². The van der Waals surface area contributed by atoms with E-state index >= 15 is 0 Å². The van der Waals surface area contributed by atoms with Gasteiger partial charge in [-0.05, 0) is 33.7 Å². The average molecular weight is 228 g/mol. The van der Waals surface area contributed by atoms with Crippen LogP contribution in [0.4, 0.5) is 0 Å².